The molecule has 0 aliphatic carbocycles. The number of sulfonamides is 1. The monoisotopic (exact) mass is 461 g/mol. The minimum absolute atomic E-state index is 0.181. The highest BCUT2D eigenvalue weighted by Crippen LogP contribution is 2.28. The number of piperazine rings is 1. The van der Waals surface area contributed by atoms with E-state index in [1.807, 2.05) is 13.8 Å². The normalized spacial score (nSPS) is 15.3. The molecule has 8 nitrogen and oxygen atoms in total. The van der Waals surface area contributed by atoms with Gasteiger partial charge >= 0.3 is 0 Å². The number of hydrogen-bond donors (Lipinski definition) is 1. The van der Waals surface area contributed by atoms with Crippen molar-refractivity contribution in [2.75, 3.05) is 52.5 Å². The smallest absolute Gasteiger partial charge is 0.251 e. The Balaban J connectivity index is 1.47. The third-order valence-corrected chi connectivity index (χ3v) is 7.14. The maximum absolute atomic E-state index is 12.7. The van der Waals surface area contributed by atoms with Crippen LogP contribution in [0.3, 0.4) is 0 Å². The minimum Gasteiger partial charge on any atom is -0.490 e. The maximum atomic E-state index is 12.7. The molecule has 0 unspecified atom stereocenters. The summed E-state index contributed by atoms with van der Waals surface area (Å²) in [4.78, 5) is 15.0. The second-order valence-electron chi connectivity index (χ2n) is 7.34. The molecule has 1 heterocycles. The fraction of sp³-hybridized carbons (Fsp3) is 0.435. The number of carbonyl (C=O) groups excluding carboxylic acids is 1. The van der Waals surface area contributed by atoms with E-state index in [0.29, 0.717) is 74.4 Å². The third kappa shape index (κ3) is 5.99. The van der Waals surface area contributed by atoms with E-state index < -0.39 is 10.0 Å². The van der Waals surface area contributed by atoms with Crippen LogP contribution < -0.4 is 14.8 Å². The summed E-state index contributed by atoms with van der Waals surface area (Å²) in [7, 11) is -3.46. The van der Waals surface area contributed by atoms with Gasteiger partial charge in [-0.1, -0.05) is 18.2 Å². The van der Waals surface area contributed by atoms with Crippen molar-refractivity contribution < 1.29 is 22.7 Å². The number of ether oxygens (including phenoxy) is 2. The largest absolute Gasteiger partial charge is 0.490 e. The van der Waals surface area contributed by atoms with Gasteiger partial charge in [-0.2, -0.15) is 4.31 Å². The number of rotatable bonds is 10. The molecule has 0 aromatic heterocycles. The fourth-order valence-electron chi connectivity index (χ4n) is 3.56. The molecule has 2 aromatic carbocycles. The topological polar surface area (TPSA) is 88.2 Å². The van der Waals surface area contributed by atoms with Crippen molar-refractivity contribution in [3.8, 4) is 11.5 Å². The molecule has 32 heavy (non-hydrogen) atoms. The Hall–Kier alpha value is -2.62. The molecule has 0 spiro atoms. The van der Waals surface area contributed by atoms with E-state index in [1.165, 1.54) is 4.31 Å². The van der Waals surface area contributed by atoms with Crippen molar-refractivity contribution in [1.29, 1.82) is 0 Å². The van der Waals surface area contributed by atoms with E-state index >= 15 is 0 Å². The average molecular weight is 462 g/mol. The van der Waals surface area contributed by atoms with Crippen LogP contribution in [-0.2, 0) is 10.0 Å². The van der Waals surface area contributed by atoms with Crippen LogP contribution in [0.25, 0.3) is 0 Å². The first-order valence-electron chi connectivity index (χ1n) is 10.9. The van der Waals surface area contributed by atoms with Crippen LogP contribution in [0.4, 0.5) is 0 Å². The highest BCUT2D eigenvalue weighted by atomic mass is 32.2. The molecule has 1 aliphatic rings. The molecule has 1 saturated heterocycles. The van der Waals surface area contributed by atoms with Crippen molar-refractivity contribution in [3.63, 3.8) is 0 Å². The second kappa shape index (κ2) is 11.3. The minimum atomic E-state index is -3.46. The molecular weight excluding hydrogens is 430 g/mol. The lowest BCUT2D eigenvalue weighted by atomic mass is 10.2. The molecule has 0 radical (unpaired) electrons. The lowest BCUT2D eigenvalue weighted by molar-refractivity contribution is 0.0944. The van der Waals surface area contributed by atoms with E-state index in [9.17, 15) is 13.2 Å². The molecule has 0 bridgehead atoms. The lowest BCUT2D eigenvalue weighted by Crippen LogP contribution is -2.50. The highest BCUT2D eigenvalue weighted by Gasteiger charge is 2.28. The Kier molecular flexibility index (Phi) is 8.49. The first-order chi connectivity index (χ1) is 15.5. The van der Waals surface area contributed by atoms with Crippen LogP contribution in [0.2, 0.25) is 0 Å². The van der Waals surface area contributed by atoms with E-state index in [0.717, 1.165) is 0 Å². The van der Waals surface area contributed by atoms with Crippen molar-refractivity contribution in [2.24, 2.45) is 0 Å². The number of hydrogen-bond acceptors (Lipinski definition) is 6. The molecule has 9 heteroatoms. The van der Waals surface area contributed by atoms with Crippen molar-refractivity contribution in [1.82, 2.24) is 14.5 Å². The number of benzene rings is 2. The Morgan fingerprint density at radius 1 is 0.938 bits per heavy atom. The molecule has 174 valence electrons. The Morgan fingerprint density at radius 2 is 1.59 bits per heavy atom. The summed E-state index contributed by atoms with van der Waals surface area (Å²) in [6.45, 7) is 8.02. The Morgan fingerprint density at radius 3 is 2.25 bits per heavy atom. The quantitative estimate of drug-likeness (QED) is 0.584. The number of nitrogens with one attached hydrogen (secondary N) is 1. The van der Waals surface area contributed by atoms with Gasteiger partial charge in [0.25, 0.3) is 5.91 Å². The maximum Gasteiger partial charge on any atom is 0.251 e. The van der Waals surface area contributed by atoms with Gasteiger partial charge in [-0.25, -0.2) is 8.42 Å². The lowest BCUT2D eigenvalue weighted by Gasteiger charge is -2.33. The summed E-state index contributed by atoms with van der Waals surface area (Å²) in [5.41, 5.74) is 0.510. The molecule has 3 rings (SSSR count). The molecule has 1 amide bonds. The second-order valence-corrected chi connectivity index (χ2v) is 9.28. The van der Waals surface area contributed by atoms with E-state index in [1.54, 1.807) is 48.5 Å². The summed E-state index contributed by atoms with van der Waals surface area (Å²) >= 11 is 0. The summed E-state index contributed by atoms with van der Waals surface area (Å²) < 4.78 is 38.1. The van der Waals surface area contributed by atoms with Crippen molar-refractivity contribution in [3.05, 3.63) is 54.1 Å². The number of nitrogens with zero attached hydrogens (tertiary/aromatic N) is 2. The van der Waals surface area contributed by atoms with Gasteiger partial charge in [0.1, 0.15) is 0 Å². The predicted molar refractivity (Wildman–Crippen MR) is 123 cm³/mol. The van der Waals surface area contributed by atoms with Crippen LogP contribution in [0.5, 0.6) is 11.5 Å². The predicted octanol–water partition coefficient (Wildman–Crippen LogP) is 2.22. The summed E-state index contributed by atoms with van der Waals surface area (Å²) in [5, 5.41) is 2.93. The Bertz CT molecular complexity index is 990. The third-order valence-electron chi connectivity index (χ3n) is 5.23. The van der Waals surface area contributed by atoms with E-state index in [-0.39, 0.29) is 5.91 Å². The number of amides is 1. The molecule has 1 fully saturated rings. The SMILES string of the molecule is CCOc1ccc(C(=O)NCCN2CCN(S(=O)(=O)c3ccccc3)CC2)cc1OCC. The van der Waals surface area contributed by atoms with E-state index in [4.69, 9.17) is 9.47 Å². The van der Waals surface area contributed by atoms with Crippen LogP contribution in [-0.4, -0.2) is 76.0 Å². The van der Waals surface area contributed by atoms with Gasteiger partial charge < -0.3 is 14.8 Å². The van der Waals surface area contributed by atoms with Crippen molar-refractivity contribution >= 4 is 15.9 Å². The van der Waals surface area contributed by atoms with Crippen LogP contribution in [0.1, 0.15) is 24.2 Å². The number of carbonyl (C=O) groups is 1. The zero-order chi connectivity index (χ0) is 23.0. The molecule has 0 saturated carbocycles. The molecule has 1 aliphatic heterocycles. The fourth-order valence-corrected chi connectivity index (χ4v) is 5.00. The van der Waals surface area contributed by atoms with Gasteiger partial charge in [0.15, 0.2) is 11.5 Å². The van der Waals surface area contributed by atoms with Gasteiger partial charge in [-0.15, -0.1) is 0 Å². The van der Waals surface area contributed by atoms with Gasteiger partial charge in [0.2, 0.25) is 10.0 Å². The van der Waals surface area contributed by atoms with Gasteiger partial charge in [0, 0.05) is 44.8 Å². The van der Waals surface area contributed by atoms with Crippen LogP contribution in [0.15, 0.2) is 53.4 Å². The van der Waals surface area contributed by atoms with Gasteiger partial charge in [0.05, 0.1) is 18.1 Å². The zero-order valence-electron chi connectivity index (χ0n) is 18.6. The van der Waals surface area contributed by atoms with Gasteiger partial charge in [-0.3, -0.25) is 9.69 Å². The molecule has 1 N–H and O–H groups in total. The zero-order valence-corrected chi connectivity index (χ0v) is 19.4. The highest BCUT2D eigenvalue weighted by molar-refractivity contribution is 7.89. The van der Waals surface area contributed by atoms with Crippen LogP contribution >= 0.6 is 0 Å². The van der Waals surface area contributed by atoms with Gasteiger partial charge in [-0.05, 0) is 44.2 Å². The summed E-state index contributed by atoms with van der Waals surface area (Å²) in [6.07, 6.45) is 0. The van der Waals surface area contributed by atoms with E-state index in [2.05, 4.69) is 10.2 Å². The molecule has 0 atom stereocenters. The summed E-state index contributed by atoms with van der Waals surface area (Å²) in [6, 6.07) is 13.7. The molecule has 2 aromatic rings. The average Bonchev–Trinajstić information content (AvgIpc) is 2.81. The molecular formula is C23H31N3O5S. The standard InChI is InChI=1S/C23H31N3O5S/c1-3-30-21-11-10-19(18-22(21)31-4-2)23(27)24-12-13-25-14-16-26(17-15-25)32(28,29)20-8-6-5-7-9-20/h5-11,18H,3-4,12-17H2,1-2H3,(H,24,27). The first-order valence-corrected chi connectivity index (χ1v) is 12.3. The summed E-state index contributed by atoms with van der Waals surface area (Å²) in [5.74, 6) is 0.992. The Labute approximate surface area is 190 Å². The van der Waals surface area contributed by atoms with Crippen LogP contribution in [0, 0.1) is 0 Å². The van der Waals surface area contributed by atoms with Crippen molar-refractivity contribution in [2.45, 2.75) is 18.7 Å². The first kappa shape index (κ1) is 24.0.